The van der Waals surface area contributed by atoms with Crippen LogP contribution in [0.15, 0.2) is 36.4 Å². The van der Waals surface area contributed by atoms with Gasteiger partial charge in [0.2, 0.25) is 0 Å². The van der Waals surface area contributed by atoms with Crippen LogP contribution in [0.4, 0.5) is 17.6 Å². The number of hydrogen-bond donors (Lipinski definition) is 3. The molecule has 220 valence electrons. The Hall–Kier alpha value is -4.14. The molecule has 15 heteroatoms. The van der Waals surface area contributed by atoms with Gasteiger partial charge < -0.3 is 44.2 Å². The van der Waals surface area contributed by atoms with Crippen molar-refractivity contribution in [3.8, 4) is 34.5 Å². The Labute approximate surface area is 229 Å². The zero-order valence-electron chi connectivity index (χ0n) is 21.2. The molecule has 41 heavy (non-hydrogen) atoms. The molecule has 3 N–H and O–H groups in total. The van der Waals surface area contributed by atoms with E-state index in [0.29, 0.717) is 25.7 Å². The van der Waals surface area contributed by atoms with Crippen molar-refractivity contribution in [3.05, 3.63) is 36.4 Å². The Morgan fingerprint density at radius 1 is 0.756 bits per heavy atom. The molecular formula is C26H24F4N2O9. The molecule has 2 bridgehead atoms. The predicted octanol–water partition coefficient (Wildman–Crippen LogP) is 2.84. The summed E-state index contributed by atoms with van der Waals surface area (Å²) < 4.78 is 81.0. The minimum absolute atomic E-state index is 0.119. The highest BCUT2D eigenvalue weighted by atomic mass is 19.3. The number of fused-ring (bicyclic) bond motifs is 5. The van der Waals surface area contributed by atoms with E-state index in [1.54, 1.807) is 0 Å². The Morgan fingerprint density at radius 2 is 1.22 bits per heavy atom. The number of benzene rings is 2. The van der Waals surface area contributed by atoms with Gasteiger partial charge in [-0.15, -0.1) is 17.6 Å². The summed E-state index contributed by atoms with van der Waals surface area (Å²) in [6.07, 6.45) is -6.58. The van der Waals surface area contributed by atoms with Crippen LogP contribution in [-0.2, 0) is 9.59 Å². The molecule has 7 rings (SSSR count). The van der Waals surface area contributed by atoms with Gasteiger partial charge in [0, 0.05) is 17.7 Å². The standard InChI is InChI=1S/C26H24F4N2O9/c27-25(28)38-16-3-1-14(9-18(16)40-25)36-12-21(34)31-23-5-7-24(8-6-23,20(33)11-23)32-22(35)13-37-15-2-4-17-19(10-15)41-26(29,30)39-17/h1-4,9-10,20,33H,5-8,11-13H2,(H,31,34)(H,32,35)/t20-,23?,24?/m0/s1. The van der Waals surface area contributed by atoms with Gasteiger partial charge in [-0.2, -0.15) is 0 Å². The van der Waals surface area contributed by atoms with E-state index in [9.17, 15) is 32.3 Å². The third kappa shape index (κ3) is 5.45. The van der Waals surface area contributed by atoms with Crippen molar-refractivity contribution in [2.24, 2.45) is 0 Å². The van der Waals surface area contributed by atoms with Crippen LogP contribution in [0.5, 0.6) is 34.5 Å². The number of hydrogen-bond acceptors (Lipinski definition) is 9. The van der Waals surface area contributed by atoms with Gasteiger partial charge in [0.15, 0.2) is 36.2 Å². The van der Waals surface area contributed by atoms with Crippen LogP contribution in [0.3, 0.4) is 0 Å². The highest BCUT2D eigenvalue weighted by Crippen LogP contribution is 2.47. The van der Waals surface area contributed by atoms with E-state index >= 15 is 0 Å². The summed E-state index contributed by atoms with van der Waals surface area (Å²) in [5, 5.41) is 16.7. The molecule has 0 radical (unpaired) electrons. The molecule has 3 fully saturated rings. The summed E-state index contributed by atoms with van der Waals surface area (Å²) in [4.78, 5) is 25.3. The van der Waals surface area contributed by atoms with Gasteiger partial charge >= 0.3 is 12.6 Å². The van der Waals surface area contributed by atoms with Crippen molar-refractivity contribution in [1.82, 2.24) is 10.6 Å². The van der Waals surface area contributed by atoms with Crippen LogP contribution in [0.25, 0.3) is 0 Å². The number of aliphatic hydroxyl groups is 1. The molecule has 2 aromatic carbocycles. The molecular weight excluding hydrogens is 560 g/mol. The number of ether oxygens (including phenoxy) is 6. The fourth-order valence-electron chi connectivity index (χ4n) is 5.64. The minimum atomic E-state index is -3.77. The van der Waals surface area contributed by atoms with E-state index in [1.807, 2.05) is 0 Å². The van der Waals surface area contributed by atoms with Gasteiger partial charge in [0.25, 0.3) is 11.8 Å². The lowest BCUT2D eigenvalue weighted by Gasteiger charge is -2.56. The average molecular weight is 584 g/mol. The molecule has 0 spiro atoms. The maximum atomic E-state index is 13.2. The van der Waals surface area contributed by atoms with Gasteiger partial charge in [-0.25, -0.2) is 0 Å². The highest BCUT2D eigenvalue weighted by molar-refractivity contribution is 5.79. The van der Waals surface area contributed by atoms with Gasteiger partial charge in [0.05, 0.1) is 11.6 Å². The average Bonchev–Trinajstić information content (AvgIpc) is 3.38. The maximum absolute atomic E-state index is 13.2. The van der Waals surface area contributed by atoms with Gasteiger partial charge in [-0.1, -0.05) is 0 Å². The second kappa shape index (κ2) is 9.46. The first-order valence-electron chi connectivity index (χ1n) is 12.7. The van der Waals surface area contributed by atoms with Gasteiger partial charge in [-0.3, -0.25) is 9.59 Å². The molecule has 1 atom stereocenters. The fourth-order valence-corrected chi connectivity index (χ4v) is 5.64. The number of aliphatic hydroxyl groups excluding tert-OH is 1. The SMILES string of the molecule is O=C(COc1ccc2c(c1)OC(F)(F)O2)NC12CCC(NC(=O)COc3ccc4c(c3)OC(F)(F)O4)(CC1)[C@@H](O)C2. The number of rotatable bonds is 8. The van der Waals surface area contributed by atoms with Crippen molar-refractivity contribution in [1.29, 1.82) is 0 Å². The lowest BCUT2D eigenvalue weighted by Crippen LogP contribution is -2.70. The van der Waals surface area contributed by atoms with E-state index in [0.717, 1.165) is 0 Å². The summed E-state index contributed by atoms with van der Waals surface area (Å²) >= 11 is 0. The Morgan fingerprint density at radius 3 is 1.71 bits per heavy atom. The van der Waals surface area contributed by atoms with E-state index in [1.165, 1.54) is 36.4 Å². The van der Waals surface area contributed by atoms with E-state index in [4.69, 9.17) is 9.47 Å². The third-order valence-electron chi connectivity index (χ3n) is 7.60. The number of nitrogens with one attached hydrogen (secondary N) is 2. The lowest BCUT2D eigenvalue weighted by atomic mass is 9.60. The van der Waals surface area contributed by atoms with Crippen LogP contribution in [0.2, 0.25) is 0 Å². The van der Waals surface area contributed by atoms with Crippen LogP contribution >= 0.6 is 0 Å². The molecule has 0 aromatic heterocycles. The Bertz CT molecular complexity index is 1380. The molecule has 2 aromatic rings. The third-order valence-corrected chi connectivity index (χ3v) is 7.60. The Kier molecular flexibility index (Phi) is 6.24. The molecule has 3 aliphatic carbocycles. The number of carbonyl (C=O) groups excluding carboxylic acids is 2. The zero-order chi connectivity index (χ0) is 29.0. The topological polar surface area (TPSA) is 134 Å². The van der Waals surface area contributed by atoms with Crippen LogP contribution in [0, 0.1) is 0 Å². The van der Waals surface area contributed by atoms with E-state index in [-0.39, 0.29) is 40.9 Å². The smallest absolute Gasteiger partial charge is 0.484 e. The van der Waals surface area contributed by atoms with E-state index < -0.39 is 54.8 Å². The predicted molar refractivity (Wildman–Crippen MR) is 127 cm³/mol. The molecule has 0 unspecified atom stereocenters. The van der Waals surface area contributed by atoms with Crippen molar-refractivity contribution in [2.45, 2.75) is 61.9 Å². The second-order valence-corrected chi connectivity index (χ2v) is 10.4. The van der Waals surface area contributed by atoms with Crippen LogP contribution < -0.4 is 39.1 Å². The van der Waals surface area contributed by atoms with Crippen molar-refractivity contribution in [3.63, 3.8) is 0 Å². The molecule has 0 saturated heterocycles. The molecule has 3 saturated carbocycles. The normalized spacial score (nSPS) is 27.7. The number of halogens is 4. The molecule has 2 amide bonds. The first kappa shape index (κ1) is 27.1. The fraction of sp³-hybridized carbons (Fsp3) is 0.462. The van der Waals surface area contributed by atoms with Crippen LogP contribution in [0.1, 0.15) is 32.1 Å². The first-order valence-corrected chi connectivity index (χ1v) is 12.7. The molecule has 5 aliphatic rings. The van der Waals surface area contributed by atoms with E-state index in [2.05, 4.69) is 29.6 Å². The molecule has 11 nitrogen and oxygen atoms in total. The molecule has 2 heterocycles. The van der Waals surface area contributed by atoms with Crippen molar-refractivity contribution >= 4 is 11.8 Å². The van der Waals surface area contributed by atoms with Gasteiger partial charge in [0.1, 0.15) is 11.5 Å². The summed E-state index contributed by atoms with van der Waals surface area (Å²) in [5.74, 6) is -1.45. The second-order valence-electron chi connectivity index (χ2n) is 10.4. The number of alkyl halides is 4. The van der Waals surface area contributed by atoms with Crippen LogP contribution in [-0.4, -0.2) is 59.9 Å². The summed E-state index contributed by atoms with van der Waals surface area (Å²) in [5.41, 5.74) is -1.61. The molecule has 2 aliphatic heterocycles. The lowest BCUT2D eigenvalue weighted by molar-refractivity contribution is -0.287. The van der Waals surface area contributed by atoms with Crippen molar-refractivity contribution < 1.29 is 60.7 Å². The highest BCUT2D eigenvalue weighted by Gasteiger charge is 2.55. The zero-order valence-corrected chi connectivity index (χ0v) is 21.2. The number of carbonyl (C=O) groups is 2. The minimum Gasteiger partial charge on any atom is -0.484 e. The van der Waals surface area contributed by atoms with Crippen molar-refractivity contribution in [2.75, 3.05) is 13.2 Å². The monoisotopic (exact) mass is 584 g/mol. The first-order chi connectivity index (χ1) is 19.3. The summed E-state index contributed by atoms with van der Waals surface area (Å²) in [6, 6.07) is 7.59. The number of amides is 2. The quantitative estimate of drug-likeness (QED) is 0.401. The maximum Gasteiger partial charge on any atom is 0.586 e. The van der Waals surface area contributed by atoms with Gasteiger partial charge in [-0.05, 0) is 56.4 Å². The summed E-state index contributed by atoms with van der Waals surface area (Å²) in [7, 11) is 0. The Balaban J connectivity index is 0.982. The largest absolute Gasteiger partial charge is 0.586 e. The summed E-state index contributed by atoms with van der Waals surface area (Å²) in [6.45, 7) is -0.828.